The first-order valence-electron chi connectivity index (χ1n) is 8.43. The van der Waals surface area contributed by atoms with Crippen LogP contribution in [0.5, 0.6) is 5.75 Å². The molecule has 3 nitrogen and oxygen atoms in total. The highest BCUT2D eigenvalue weighted by atomic mass is 16.5. The van der Waals surface area contributed by atoms with Crippen molar-refractivity contribution in [2.75, 3.05) is 7.11 Å². The molecule has 0 unspecified atom stereocenters. The molecule has 1 aromatic carbocycles. The van der Waals surface area contributed by atoms with Crippen molar-refractivity contribution in [3.8, 4) is 5.75 Å². The van der Waals surface area contributed by atoms with Gasteiger partial charge in [-0.1, -0.05) is 51.7 Å². The van der Waals surface area contributed by atoms with Crippen molar-refractivity contribution < 1.29 is 9.53 Å². The Morgan fingerprint density at radius 1 is 1.18 bits per heavy atom. The molecule has 3 heteroatoms. The van der Waals surface area contributed by atoms with Gasteiger partial charge in [0.1, 0.15) is 5.75 Å². The predicted octanol–water partition coefficient (Wildman–Crippen LogP) is 4.62. The van der Waals surface area contributed by atoms with Crippen LogP contribution in [0.1, 0.15) is 63.5 Å². The van der Waals surface area contributed by atoms with E-state index < -0.39 is 0 Å². The summed E-state index contributed by atoms with van der Waals surface area (Å²) in [5.41, 5.74) is 2.21. The van der Waals surface area contributed by atoms with Gasteiger partial charge in [0.2, 0.25) is 5.91 Å². The van der Waals surface area contributed by atoms with Crippen molar-refractivity contribution in [1.29, 1.82) is 0 Å². The van der Waals surface area contributed by atoms with Gasteiger partial charge in [-0.05, 0) is 36.5 Å². The van der Waals surface area contributed by atoms with Gasteiger partial charge in [-0.25, -0.2) is 0 Å². The molecule has 0 aliphatic carbocycles. The Morgan fingerprint density at radius 3 is 2.55 bits per heavy atom. The molecule has 0 spiro atoms. The lowest BCUT2D eigenvalue weighted by atomic mass is 10.0. The highest BCUT2D eigenvalue weighted by Crippen LogP contribution is 2.18. The zero-order valence-corrected chi connectivity index (χ0v) is 14.6. The molecule has 0 radical (unpaired) electrons. The van der Waals surface area contributed by atoms with E-state index in [4.69, 9.17) is 4.74 Å². The largest absolute Gasteiger partial charge is 0.496 e. The molecular formula is C19H31NO2. The number of unbranched alkanes of at least 4 members (excludes halogenated alkanes) is 3. The SMILES string of the molecule is COc1ccc(CNC(=O)CCCCCCC(C)C)cc1C. The molecule has 1 aromatic rings. The minimum absolute atomic E-state index is 0.150. The monoisotopic (exact) mass is 305 g/mol. The first-order valence-corrected chi connectivity index (χ1v) is 8.43. The fourth-order valence-electron chi connectivity index (χ4n) is 2.53. The van der Waals surface area contributed by atoms with Crippen LogP contribution in [-0.2, 0) is 11.3 Å². The number of hydrogen-bond donors (Lipinski definition) is 1. The molecule has 1 N–H and O–H groups in total. The van der Waals surface area contributed by atoms with Crippen LogP contribution in [-0.4, -0.2) is 13.0 Å². The third-order valence-electron chi connectivity index (χ3n) is 3.88. The lowest BCUT2D eigenvalue weighted by Gasteiger charge is -2.09. The van der Waals surface area contributed by atoms with E-state index in [0.717, 1.165) is 35.6 Å². The quantitative estimate of drug-likeness (QED) is 0.641. The molecule has 0 fully saturated rings. The molecule has 0 heterocycles. The molecule has 22 heavy (non-hydrogen) atoms. The third kappa shape index (κ3) is 7.48. The average molecular weight is 305 g/mol. The van der Waals surface area contributed by atoms with E-state index in [1.165, 1.54) is 19.3 Å². The van der Waals surface area contributed by atoms with Crippen molar-refractivity contribution in [2.45, 2.75) is 65.8 Å². The second-order valence-corrected chi connectivity index (χ2v) is 6.43. The number of amides is 1. The average Bonchev–Trinajstić information content (AvgIpc) is 2.48. The van der Waals surface area contributed by atoms with E-state index in [1.54, 1.807) is 7.11 Å². The lowest BCUT2D eigenvalue weighted by molar-refractivity contribution is -0.121. The van der Waals surface area contributed by atoms with Crippen molar-refractivity contribution in [3.63, 3.8) is 0 Å². The van der Waals surface area contributed by atoms with E-state index in [-0.39, 0.29) is 5.91 Å². The molecule has 1 amide bonds. The fraction of sp³-hybridized carbons (Fsp3) is 0.632. The molecule has 0 saturated carbocycles. The molecule has 0 aliphatic heterocycles. The first kappa shape index (κ1) is 18.5. The summed E-state index contributed by atoms with van der Waals surface area (Å²) in [6.07, 6.45) is 6.60. The predicted molar refractivity (Wildman–Crippen MR) is 92.1 cm³/mol. The van der Waals surface area contributed by atoms with Crippen LogP contribution < -0.4 is 10.1 Å². The summed E-state index contributed by atoms with van der Waals surface area (Å²) in [5.74, 6) is 1.82. The topological polar surface area (TPSA) is 38.3 Å². The molecule has 124 valence electrons. The van der Waals surface area contributed by atoms with Crippen LogP contribution in [0.3, 0.4) is 0 Å². The summed E-state index contributed by atoms with van der Waals surface area (Å²) in [4.78, 5) is 11.8. The zero-order chi connectivity index (χ0) is 16.4. The summed E-state index contributed by atoms with van der Waals surface area (Å²) in [7, 11) is 1.67. The zero-order valence-electron chi connectivity index (χ0n) is 14.6. The van der Waals surface area contributed by atoms with Gasteiger partial charge in [0.25, 0.3) is 0 Å². The molecule has 1 rings (SSSR count). The van der Waals surface area contributed by atoms with Crippen LogP contribution in [0.25, 0.3) is 0 Å². The summed E-state index contributed by atoms with van der Waals surface area (Å²) in [6.45, 7) is 7.13. The number of methoxy groups -OCH3 is 1. The molecule has 0 saturated heterocycles. The van der Waals surface area contributed by atoms with Crippen LogP contribution >= 0.6 is 0 Å². The normalized spacial score (nSPS) is 10.8. The highest BCUT2D eigenvalue weighted by molar-refractivity contribution is 5.75. The smallest absolute Gasteiger partial charge is 0.220 e. The number of aryl methyl sites for hydroxylation is 1. The minimum atomic E-state index is 0.150. The van der Waals surface area contributed by atoms with Gasteiger partial charge in [0.15, 0.2) is 0 Å². The minimum Gasteiger partial charge on any atom is -0.496 e. The maximum atomic E-state index is 11.8. The summed E-state index contributed by atoms with van der Waals surface area (Å²) in [6, 6.07) is 6.01. The van der Waals surface area contributed by atoms with Crippen LogP contribution in [0.15, 0.2) is 18.2 Å². The summed E-state index contributed by atoms with van der Waals surface area (Å²) in [5, 5.41) is 2.99. The highest BCUT2D eigenvalue weighted by Gasteiger charge is 2.04. The van der Waals surface area contributed by atoms with Crippen molar-refractivity contribution in [2.24, 2.45) is 5.92 Å². The van der Waals surface area contributed by atoms with Gasteiger partial charge < -0.3 is 10.1 Å². The Morgan fingerprint density at radius 2 is 1.91 bits per heavy atom. The third-order valence-corrected chi connectivity index (χ3v) is 3.88. The fourth-order valence-corrected chi connectivity index (χ4v) is 2.53. The standard InChI is InChI=1S/C19H31NO2/c1-15(2)9-7-5-6-8-10-19(21)20-14-17-11-12-18(22-4)16(3)13-17/h11-13,15H,5-10,14H2,1-4H3,(H,20,21). The van der Waals surface area contributed by atoms with Crippen LogP contribution in [0, 0.1) is 12.8 Å². The number of hydrogen-bond acceptors (Lipinski definition) is 2. The lowest BCUT2D eigenvalue weighted by Crippen LogP contribution is -2.22. The Kier molecular flexibility index (Phi) is 8.64. The summed E-state index contributed by atoms with van der Waals surface area (Å²) < 4.78 is 5.24. The molecular weight excluding hydrogens is 274 g/mol. The Hall–Kier alpha value is -1.51. The molecule has 0 aliphatic rings. The maximum Gasteiger partial charge on any atom is 0.220 e. The number of carbonyl (C=O) groups is 1. The number of nitrogens with one attached hydrogen (secondary N) is 1. The van der Waals surface area contributed by atoms with E-state index >= 15 is 0 Å². The number of ether oxygens (including phenoxy) is 1. The van der Waals surface area contributed by atoms with E-state index in [2.05, 4.69) is 25.2 Å². The van der Waals surface area contributed by atoms with Gasteiger partial charge in [-0.3, -0.25) is 4.79 Å². The van der Waals surface area contributed by atoms with Gasteiger partial charge in [-0.15, -0.1) is 0 Å². The van der Waals surface area contributed by atoms with Crippen molar-refractivity contribution in [3.05, 3.63) is 29.3 Å². The summed E-state index contributed by atoms with van der Waals surface area (Å²) >= 11 is 0. The van der Waals surface area contributed by atoms with E-state index in [0.29, 0.717) is 13.0 Å². The van der Waals surface area contributed by atoms with Gasteiger partial charge in [-0.2, -0.15) is 0 Å². The maximum absolute atomic E-state index is 11.8. The van der Waals surface area contributed by atoms with Crippen molar-refractivity contribution >= 4 is 5.91 Å². The number of rotatable bonds is 10. The first-order chi connectivity index (χ1) is 10.5. The molecule has 0 bridgehead atoms. The van der Waals surface area contributed by atoms with E-state index in [9.17, 15) is 4.79 Å². The Labute approximate surface area is 135 Å². The van der Waals surface area contributed by atoms with Crippen molar-refractivity contribution in [1.82, 2.24) is 5.32 Å². The van der Waals surface area contributed by atoms with E-state index in [1.807, 2.05) is 19.1 Å². The Bertz CT molecular complexity index is 455. The Balaban J connectivity index is 2.16. The number of benzene rings is 1. The van der Waals surface area contributed by atoms with Crippen LogP contribution in [0.2, 0.25) is 0 Å². The van der Waals surface area contributed by atoms with Gasteiger partial charge in [0.05, 0.1) is 7.11 Å². The second-order valence-electron chi connectivity index (χ2n) is 6.43. The second kappa shape index (κ2) is 10.3. The van der Waals surface area contributed by atoms with Gasteiger partial charge in [0, 0.05) is 13.0 Å². The number of carbonyl (C=O) groups excluding carboxylic acids is 1. The molecule has 0 aromatic heterocycles. The van der Waals surface area contributed by atoms with Crippen LogP contribution in [0.4, 0.5) is 0 Å². The molecule has 0 atom stereocenters. The van der Waals surface area contributed by atoms with Gasteiger partial charge >= 0.3 is 0 Å².